The van der Waals surface area contributed by atoms with Crippen LogP contribution in [0.15, 0.2) is 0 Å². The molecule has 1 atom stereocenters. The molecule has 0 aliphatic rings. The largest absolute Gasteiger partial charge is 0.481 e. The summed E-state index contributed by atoms with van der Waals surface area (Å²) in [5, 5.41) is 9.61. The van der Waals surface area contributed by atoms with Gasteiger partial charge in [-0.05, 0) is 19.3 Å². The van der Waals surface area contributed by atoms with E-state index in [0.29, 0.717) is 5.25 Å². The molecular formula is C15H24N2O2S. The summed E-state index contributed by atoms with van der Waals surface area (Å²) < 4.78 is 0. The fraction of sp³-hybridized carbons (Fsp3) is 0.667. The number of hydrogen-bond acceptors (Lipinski definition) is 4. The van der Waals surface area contributed by atoms with Gasteiger partial charge in [0.1, 0.15) is 5.82 Å². The standard InChI is InChI=1S/C15H24N2O2S/c1-5-10(4)20-9-14-16-12(6-2)11(8-15(18)19)13(7-3)17-14/h10H,5-9H2,1-4H3,(H,18,19). The molecule has 0 saturated heterocycles. The molecule has 0 aromatic carbocycles. The first-order valence-corrected chi connectivity index (χ1v) is 8.27. The summed E-state index contributed by atoms with van der Waals surface area (Å²) in [5.74, 6) is 0.806. The Morgan fingerprint density at radius 1 is 1.20 bits per heavy atom. The van der Waals surface area contributed by atoms with Crippen LogP contribution in [0.25, 0.3) is 0 Å². The van der Waals surface area contributed by atoms with E-state index in [4.69, 9.17) is 5.11 Å². The van der Waals surface area contributed by atoms with Gasteiger partial charge in [0.25, 0.3) is 0 Å². The van der Waals surface area contributed by atoms with E-state index in [1.807, 2.05) is 25.6 Å². The van der Waals surface area contributed by atoms with Gasteiger partial charge in [-0.2, -0.15) is 11.8 Å². The van der Waals surface area contributed by atoms with E-state index in [9.17, 15) is 4.79 Å². The summed E-state index contributed by atoms with van der Waals surface area (Å²) in [7, 11) is 0. The van der Waals surface area contributed by atoms with Crippen molar-refractivity contribution in [2.24, 2.45) is 0 Å². The number of aryl methyl sites for hydroxylation is 2. The fourth-order valence-electron chi connectivity index (χ4n) is 1.98. The summed E-state index contributed by atoms with van der Waals surface area (Å²) >= 11 is 1.85. The number of thioether (sulfide) groups is 1. The summed E-state index contributed by atoms with van der Waals surface area (Å²) in [5.41, 5.74) is 2.58. The average molecular weight is 296 g/mol. The molecule has 0 spiro atoms. The molecule has 1 unspecified atom stereocenters. The quantitative estimate of drug-likeness (QED) is 0.797. The minimum absolute atomic E-state index is 0.0190. The van der Waals surface area contributed by atoms with Crippen molar-refractivity contribution < 1.29 is 9.90 Å². The second-order valence-corrected chi connectivity index (χ2v) is 6.25. The van der Waals surface area contributed by atoms with Crippen LogP contribution >= 0.6 is 11.8 Å². The fourth-order valence-corrected chi connectivity index (χ4v) is 2.78. The third-order valence-electron chi connectivity index (χ3n) is 3.29. The first-order chi connectivity index (χ1) is 9.51. The van der Waals surface area contributed by atoms with Crippen molar-refractivity contribution in [2.45, 2.75) is 64.4 Å². The van der Waals surface area contributed by atoms with E-state index in [2.05, 4.69) is 23.8 Å². The zero-order chi connectivity index (χ0) is 15.1. The Morgan fingerprint density at radius 3 is 2.15 bits per heavy atom. The van der Waals surface area contributed by atoms with Crippen molar-refractivity contribution in [3.05, 3.63) is 22.8 Å². The normalized spacial score (nSPS) is 12.4. The monoisotopic (exact) mass is 296 g/mol. The highest BCUT2D eigenvalue weighted by molar-refractivity contribution is 7.99. The lowest BCUT2D eigenvalue weighted by molar-refractivity contribution is -0.136. The van der Waals surface area contributed by atoms with Gasteiger partial charge in [-0.3, -0.25) is 4.79 Å². The minimum Gasteiger partial charge on any atom is -0.481 e. The third kappa shape index (κ3) is 4.78. The van der Waals surface area contributed by atoms with Crippen LogP contribution in [0.1, 0.15) is 56.9 Å². The highest BCUT2D eigenvalue weighted by atomic mass is 32.2. The molecule has 0 aliphatic carbocycles. The molecule has 0 aliphatic heterocycles. The predicted molar refractivity (Wildman–Crippen MR) is 83.2 cm³/mol. The summed E-state index contributed by atoms with van der Waals surface area (Å²) in [6.45, 7) is 8.39. The van der Waals surface area contributed by atoms with E-state index in [-0.39, 0.29) is 6.42 Å². The van der Waals surface area contributed by atoms with E-state index >= 15 is 0 Å². The molecule has 5 heteroatoms. The van der Waals surface area contributed by atoms with Crippen molar-refractivity contribution in [1.82, 2.24) is 9.97 Å². The van der Waals surface area contributed by atoms with Crippen LogP contribution in [0.2, 0.25) is 0 Å². The van der Waals surface area contributed by atoms with Gasteiger partial charge in [0.15, 0.2) is 0 Å². The van der Waals surface area contributed by atoms with Gasteiger partial charge in [-0.25, -0.2) is 9.97 Å². The number of carboxylic acids is 1. The Bertz CT molecular complexity index is 438. The number of aliphatic carboxylic acids is 1. The molecule has 0 amide bonds. The van der Waals surface area contributed by atoms with E-state index in [1.54, 1.807) is 0 Å². The lowest BCUT2D eigenvalue weighted by atomic mass is 10.0. The molecule has 1 aromatic heterocycles. The van der Waals surface area contributed by atoms with Crippen LogP contribution in [0, 0.1) is 0 Å². The summed E-state index contributed by atoms with van der Waals surface area (Å²) in [6, 6.07) is 0. The Balaban J connectivity index is 3.02. The van der Waals surface area contributed by atoms with Crippen molar-refractivity contribution in [2.75, 3.05) is 0 Å². The Labute approximate surface area is 125 Å². The lowest BCUT2D eigenvalue weighted by Crippen LogP contribution is -2.13. The molecule has 1 heterocycles. The number of carbonyl (C=O) groups is 1. The number of aromatic nitrogens is 2. The van der Waals surface area contributed by atoms with Crippen LogP contribution in [0.3, 0.4) is 0 Å². The van der Waals surface area contributed by atoms with Gasteiger partial charge in [-0.15, -0.1) is 0 Å². The molecule has 0 bridgehead atoms. The molecule has 4 nitrogen and oxygen atoms in total. The molecule has 112 valence electrons. The zero-order valence-electron chi connectivity index (χ0n) is 12.8. The molecule has 1 aromatic rings. The van der Waals surface area contributed by atoms with E-state index in [1.165, 1.54) is 0 Å². The van der Waals surface area contributed by atoms with Gasteiger partial charge < -0.3 is 5.11 Å². The van der Waals surface area contributed by atoms with Gasteiger partial charge in [0.2, 0.25) is 0 Å². The van der Waals surface area contributed by atoms with Crippen molar-refractivity contribution >= 4 is 17.7 Å². The van der Waals surface area contributed by atoms with Gasteiger partial charge in [-0.1, -0.05) is 27.7 Å². The molecular weight excluding hydrogens is 272 g/mol. The van der Waals surface area contributed by atoms with Crippen LogP contribution in [-0.4, -0.2) is 26.3 Å². The van der Waals surface area contributed by atoms with E-state index in [0.717, 1.165) is 47.8 Å². The van der Waals surface area contributed by atoms with Crippen molar-refractivity contribution in [3.63, 3.8) is 0 Å². The maximum absolute atomic E-state index is 11.0. The van der Waals surface area contributed by atoms with Crippen molar-refractivity contribution in [1.29, 1.82) is 0 Å². The highest BCUT2D eigenvalue weighted by Crippen LogP contribution is 2.20. The summed E-state index contributed by atoms with van der Waals surface area (Å²) in [4.78, 5) is 20.1. The third-order valence-corrected chi connectivity index (χ3v) is 4.62. The number of nitrogens with zero attached hydrogens (tertiary/aromatic N) is 2. The van der Waals surface area contributed by atoms with Crippen molar-refractivity contribution in [3.8, 4) is 0 Å². The van der Waals surface area contributed by atoms with Crippen LogP contribution < -0.4 is 0 Å². The number of carboxylic acid groups (broad SMARTS) is 1. The molecule has 0 fully saturated rings. The summed E-state index contributed by atoms with van der Waals surface area (Å²) in [6.07, 6.45) is 2.65. The zero-order valence-corrected chi connectivity index (χ0v) is 13.6. The SMILES string of the molecule is CCc1nc(CSC(C)CC)nc(CC)c1CC(=O)O. The minimum atomic E-state index is -0.820. The molecule has 1 N–H and O–H groups in total. The topological polar surface area (TPSA) is 63.1 Å². The number of rotatable bonds is 8. The molecule has 1 rings (SSSR count). The van der Waals surface area contributed by atoms with Crippen LogP contribution in [0.5, 0.6) is 0 Å². The maximum Gasteiger partial charge on any atom is 0.307 e. The second-order valence-electron chi connectivity index (χ2n) is 4.82. The Morgan fingerprint density at radius 2 is 1.75 bits per heavy atom. The van der Waals surface area contributed by atoms with E-state index < -0.39 is 5.97 Å². The maximum atomic E-state index is 11.0. The number of hydrogen-bond donors (Lipinski definition) is 1. The predicted octanol–water partition coefficient (Wildman–Crippen LogP) is 3.26. The van der Waals surface area contributed by atoms with Crippen LogP contribution in [0.4, 0.5) is 0 Å². The highest BCUT2D eigenvalue weighted by Gasteiger charge is 2.15. The Hall–Kier alpha value is -1.10. The van der Waals surface area contributed by atoms with Gasteiger partial charge in [0, 0.05) is 22.2 Å². The molecule has 20 heavy (non-hydrogen) atoms. The lowest BCUT2D eigenvalue weighted by Gasteiger charge is -2.13. The average Bonchev–Trinajstić information content (AvgIpc) is 2.44. The van der Waals surface area contributed by atoms with Gasteiger partial charge >= 0.3 is 5.97 Å². The first-order valence-electron chi connectivity index (χ1n) is 7.22. The molecule has 0 radical (unpaired) electrons. The smallest absolute Gasteiger partial charge is 0.307 e. The van der Waals surface area contributed by atoms with Gasteiger partial charge in [0.05, 0.1) is 12.2 Å². The molecule has 0 saturated carbocycles. The first kappa shape index (κ1) is 17.0. The van der Waals surface area contributed by atoms with Crippen LogP contribution in [-0.2, 0) is 29.8 Å². The second kappa shape index (κ2) is 8.25. The Kier molecular flexibility index (Phi) is 6.99.